The SMILES string of the molecule is COc1ccc(CN2CCN(S(=O)(=O)c3ccc(OC(F)F)c(Cl)c3)CC2)cc1F. The fourth-order valence-corrected chi connectivity index (χ4v) is 4.92. The fraction of sp³-hybridized carbons (Fsp3) is 0.368. The molecule has 1 aliphatic rings. The lowest BCUT2D eigenvalue weighted by atomic mass is 10.2. The van der Waals surface area contributed by atoms with E-state index in [9.17, 15) is 21.6 Å². The summed E-state index contributed by atoms with van der Waals surface area (Å²) in [5, 5.41) is -0.212. The van der Waals surface area contributed by atoms with Gasteiger partial charge < -0.3 is 9.47 Å². The molecule has 0 radical (unpaired) electrons. The van der Waals surface area contributed by atoms with Gasteiger partial charge in [-0.15, -0.1) is 0 Å². The van der Waals surface area contributed by atoms with E-state index in [1.807, 2.05) is 4.90 Å². The number of rotatable bonds is 7. The van der Waals surface area contributed by atoms with Crippen molar-refractivity contribution in [3.8, 4) is 11.5 Å². The molecule has 2 aromatic rings. The van der Waals surface area contributed by atoms with Gasteiger partial charge >= 0.3 is 6.61 Å². The third kappa shape index (κ3) is 5.18. The molecule has 0 aliphatic carbocycles. The van der Waals surface area contributed by atoms with E-state index in [1.54, 1.807) is 12.1 Å². The van der Waals surface area contributed by atoms with Crippen LogP contribution in [0.15, 0.2) is 41.3 Å². The van der Waals surface area contributed by atoms with E-state index in [2.05, 4.69) is 4.74 Å². The quantitative estimate of drug-likeness (QED) is 0.626. The highest BCUT2D eigenvalue weighted by Gasteiger charge is 2.29. The first-order valence-electron chi connectivity index (χ1n) is 9.00. The Hall–Kier alpha value is -2.01. The molecule has 30 heavy (non-hydrogen) atoms. The lowest BCUT2D eigenvalue weighted by Gasteiger charge is -2.34. The highest BCUT2D eigenvalue weighted by atomic mass is 35.5. The van der Waals surface area contributed by atoms with Crippen LogP contribution in [-0.2, 0) is 16.6 Å². The van der Waals surface area contributed by atoms with E-state index in [4.69, 9.17) is 16.3 Å². The smallest absolute Gasteiger partial charge is 0.387 e. The number of piperazine rings is 1. The van der Waals surface area contributed by atoms with Crippen LogP contribution in [0.5, 0.6) is 11.5 Å². The predicted molar refractivity (Wildman–Crippen MR) is 105 cm³/mol. The molecule has 6 nitrogen and oxygen atoms in total. The lowest BCUT2D eigenvalue weighted by Crippen LogP contribution is -2.48. The summed E-state index contributed by atoms with van der Waals surface area (Å²) in [6.07, 6.45) is 0. The van der Waals surface area contributed by atoms with Crippen LogP contribution in [0.1, 0.15) is 5.56 Å². The molecule has 1 saturated heterocycles. The maximum atomic E-state index is 13.8. The van der Waals surface area contributed by atoms with Crippen molar-refractivity contribution in [1.82, 2.24) is 9.21 Å². The second-order valence-corrected chi connectivity index (χ2v) is 8.96. The van der Waals surface area contributed by atoms with Crippen molar-refractivity contribution < 1.29 is 31.1 Å². The molecule has 0 bridgehead atoms. The highest BCUT2D eigenvalue weighted by Crippen LogP contribution is 2.30. The van der Waals surface area contributed by atoms with Gasteiger partial charge in [-0.25, -0.2) is 12.8 Å². The Morgan fingerprint density at radius 3 is 2.30 bits per heavy atom. The Morgan fingerprint density at radius 1 is 1.07 bits per heavy atom. The maximum Gasteiger partial charge on any atom is 0.387 e. The third-order valence-electron chi connectivity index (χ3n) is 4.71. The maximum absolute atomic E-state index is 13.8. The van der Waals surface area contributed by atoms with Crippen LogP contribution in [-0.4, -0.2) is 57.5 Å². The van der Waals surface area contributed by atoms with Gasteiger partial charge in [0.2, 0.25) is 10.0 Å². The number of hydrogen-bond acceptors (Lipinski definition) is 5. The number of benzene rings is 2. The molecule has 3 rings (SSSR count). The standard InChI is InChI=1S/C19H20ClF3N2O4S/c1-28-18-4-2-13(10-16(18)21)12-24-6-8-25(9-7-24)30(26,27)14-3-5-17(15(20)11-14)29-19(22)23/h2-5,10-11,19H,6-9,12H2,1H3. The number of halogens is 4. The van der Waals surface area contributed by atoms with E-state index < -0.39 is 22.5 Å². The minimum Gasteiger partial charge on any atom is -0.494 e. The Morgan fingerprint density at radius 2 is 1.73 bits per heavy atom. The topological polar surface area (TPSA) is 59.1 Å². The van der Waals surface area contributed by atoms with Crippen molar-refractivity contribution in [1.29, 1.82) is 0 Å². The monoisotopic (exact) mass is 464 g/mol. The normalized spacial score (nSPS) is 16.1. The summed E-state index contributed by atoms with van der Waals surface area (Å²) in [5.74, 6) is -0.576. The molecule has 0 unspecified atom stereocenters. The molecule has 1 fully saturated rings. The van der Waals surface area contributed by atoms with Crippen molar-refractivity contribution in [2.45, 2.75) is 18.1 Å². The number of hydrogen-bond donors (Lipinski definition) is 0. The summed E-state index contributed by atoms with van der Waals surface area (Å²) in [4.78, 5) is 1.92. The molecule has 164 valence electrons. The fourth-order valence-electron chi connectivity index (χ4n) is 3.18. The minimum atomic E-state index is -3.84. The largest absolute Gasteiger partial charge is 0.494 e. The first-order chi connectivity index (χ1) is 14.2. The van der Waals surface area contributed by atoms with Crippen LogP contribution in [0, 0.1) is 5.82 Å². The summed E-state index contributed by atoms with van der Waals surface area (Å²) in [6, 6.07) is 8.10. The van der Waals surface area contributed by atoms with Crippen molar-refractivity contribution in [3.05, 3.63) is 52.8 Å². The van der Waals surface area contributed by atoms with E-state index in [-0.39, 0.29) is 34.5 Å². The molecule has 0 N–H and O–H groups in total. The van der Waals surface area contributed by atoms with Gasteiger partial charge in [0.25, 0.3) is 0 Å². The second-order valence-electron chi connectivity index (χ2n) is 6.62. The minimum absolute atomic E-state index is 0.0974. The molecule has 0 atom stereocenters. The van der Waals surface area contributed by atoms with Gasteiger partial charge in [-0.05, 0) is 35.9 Å². The van der Waals surface area contributed by atoms with E-state index in [0.29, 0.717) is 19.6 Å². The number of nitrogens with zero attached hydrogens (tertiary/aromatic N) is 2. The first kappa shape index (κ1) is 22.7. The summed E-state index contributed by atoms with van der Waals surface area (Å²) in [5.41, 5.74) is 0.756. The zero-order valence-corrected chi connectivity index (χ0v) is 17.6. The Balaban J connectivity index is 1.63. The van der Waals surface area contributed by atoms with Crippen LogP contribution in [0.2, 0.25) is 5.02 Å². The average Bonchev–Trinajstić information content (AvgIpc) is 2.70. The van der Waals surface area contributed by atoms with E-state index >= 15 is 0 Å². The molecule has 1 heterocycles. The molecule has 0 aromatic heterocycles. The van der Waals surface area contributed by atoms with Gasteiger partial charge in [-0.1, -0.05) is 17.7 Å². The molecule has 0 saturated carbocycles. The molecule has 2 aromatic carbocycles. The van der Waals surface area contributed by atoms with Crippen LogP contribution in [0.4, 0.5) is 13.2 Å². The number of sulfonamides is 1. The number of methoxy groups -OCH3 is 1. The molecule has 1 aliphatic heterocycles. The summed E-state index contributed by atoms with van der Waals surface area (Å²) < 4.78 is 74.7. The Kier molecular flexibility index (Phi) is 7.12. The first-order valence-corrected chi connectivity index (χ1v) is 10.8. The van der Waals surface area contributed by atoms with Gasteiger partial charge in [0, 0.05) is 32.7 Å². The molecule has 0 spiro atoms. The van der Waals surface area contributed by atoms with Crippen LogP contribution in [0.3, 0.4) is 0 Å². The zero-order valence-electron chi connectivity index (χ0n) is 16.0. The second kappa shape index (κ2) is 9.42. The third-order valence-corrected chi connectivity index (χ3v) is 6.90. The van der Waals surface area contributed by atoms with Crippen molar-refractivity contribution in [2.24, 2.45) is 0 Å². The van der Waals surface area contributed by atoms with Crippen molar-refractivity contribution in [3.63, 3.8) is 0 Å². The van der Waals surface area contributed by atoms with Crippen molar-refractivity contribution in [2.75, 3.05) is 33.3 Å². The van der Waals surface area contributed by atoms with E-state index in [0.717, 1.165) is 17.7 Å². The number of alkyl halides is 2. The van der Waals surface area contributed by atoms with Gasteiger partial charge in [0.05, 0.1) is 17.0 Å². The van der Waals surface area contributed by atoms with Crippen LogP contribution in [0.25, 0.3) is 0 Å². The predicted octanol–water partition coefficient (Wildman–Crippen LogP) is 3.60. The molecular formula is C19H20ClF3N2O4S. The Bertz CT molecular complexity index is 999. The zero-order chi connectivity index (χ0) is 21.9. The van der Waals surface area contributed by atoms with Crippen molar-refractivity contribution >= 4 is 21.6 Å². The van der Waals surface area contributed by atoms with Crippen LogP contribution < -0.4 is 9.47 Å². The molecule has 11 heteroatoms. The van der Waals surface area contributed by atoms with Gasteiger partial charge in [0.15, 0.2) is 11.6 Å². The van der Waals surface area contributed by atoms with Gasteiger partial charge in [-0.2, -0.15) is 13.1 Å². The number of ether oxygens (including phenoxy) is 2. The van der Waals surface area contributed by atoms with Crippen LogP contribution >= 0.6 is 11.6 Å². The lowest BCUT2D eigenvalue weighted by molar-refractivity contribution is -0.0498. The van der Waals surface area contributed by atoms with Gasteiger partial charge in [-0.3, -0.25) is 4.90 Å². The summed E-state index contributed by atoms with van der Waals surface area (Å²) in [7, 11) is -2.45. The van der Waals surface area contributed by atoms with E-state index in [1.165, 1.54) is 23.5 Å². The highest BCUT2D eigenvalue weighted by molar-refractivity contribution is 7.89. The average molecular weight is 465 g/mol. The summed E-state index contributed by atoms with van der Waals surface area (Å²) >= 11 is 5.88. The molecule has 0 amide bonds. The molecular weight excluding hydrogens is 445 g/mol. The summed E-state index contributed by atoms with van der Waals surface area (Å²) in [6.45, 7) is -1.22. The van der Waals surface area contributed by atoms with Gasteiger partial charge in [0.1, 0.15) is 5.75 Å². The Labute approximate surface area is 177 Å².